The molecule has 1 unspecified atom stereocenters. The molecule has 6 heteroatoms. The van der Waals surface area contributed by atoms with Crippen molar-refractivity contribution in [2.75, 3.05) is 46.4 Å². The summed E-state index contributed by atoms with van der Waals surface area (Å²) in [7, 11) is 2.11. The second-order valence-electron chi connectivity index (χ2n) is 5.27. The van der Waals surface area contributed by atoms with Gasteiger partial charge in [0, 0.05) is 35.5 Å². The third kappa shape index (κ3) is 6.26. The first-order chi connectivity index (χ1) is 10.1. The molecular weight excluding hydrogens is 352 g/mol. The number of likely N-dealkylation sites (N-methyl/N-ethyl adjacent to an activating group) is 1. The third-order valence-corrected chi connectivity index (χ3v) is 5.52. The summed E-state index contributed by atoms with van der Waals surface area (Å²) < 4.78 is 8.41. The molecule has 2 heterocycles. The second-order valence-corrected chi connectivity index (χ2v) is 7.26. The summed E-state index contributed by atoms with van der Waals surface area (Å²) in [6.45, 7) is 5.76. The van der Waals surface area contributed by atoms with Crippen molar-refractivity contribution in [1.82, 2.24) is 9.21 Å². The van der Waals surface area contributed by atoms with Crippen LogP contribution >= 0.6 is 27.9 Å². The molecule has 0 bridgehead atoms. The van der Waals surface area contributed by atoms with Crippen LogP contribution in [0.1, 0.15) is 6.42 Å². The Morgan fingerprint density at radius 2 is 1.95 bits per heavy atom. The van der Waals surface area contributed by atoms with Crippen molar-refractivity contribution >= 4 is 27.9 Å². The van der Waals surface area contributed by atoms with E-state index >= 15 is 0 Å². The molecule has 0 saturated carbocycles. The third-order valence-electron chi connectivity index (χ3n) is 3.42. The fraction of sp³-hybridized carbons (Fsp3) is 0.600. The summed E-state index contributed by atoms with van der Waals surface area (Å²) in [4.78, 5) is 3.48. The highest BCUT2D eigenvalue weighted by atomic mass is 79.9. The monoisotopic (exact) mass is 374 g/mol. The van der Waals surface area contributed by atoms with Gasteiger partial charge < -0.3 is 14.7 Å². The Hall–Kier alpha value is -0.110. The van der Waals surface area contributed by atoms with Gasteiger partial charge in [-0.3, -0.25) is 0 Å². The highest BCUT2D eigenvalue weighted by Gasteiger charge is 2.21. The second kappa shape index (κ2) is 9.12. The maximum absolute atomic E-state index is 9.38. The quantitative estimate of drug-likeness (QED) is 0.804. The number of halogens is 1. The summed E-state index contributed by atoms with van der Waals surface area (Å²) in [5.74, 6) is 0. The molecule has 1 atom stereocenters. The van der Waals surface area contributed by atoms with Crippen LogP contribution in [-0.4, -0.2) is 66.9 Å². The molecule has 0 aliphatic carbocycles. The molecule has 1 aromatic carbocycles. The normalized spacial score (nSPS) is 23.7. The van der Waals surface area contributed by atoms with Gasteiger partial charge in [0.2, 0.25) is 0 Å². The Bertz CT molecular complexity index is 430. The zero-order chi connectivity index (χ0) is 15.1. The minimum Gasteiger partial charge on any atom is -0.392 e. The van der Waals surface area contributed by atoms with Crippen LogP contribution in [0.15, 0.2) is 33.6 Å². The molecule has 118 valence electrons. The van der Waals surface area contributed by atoms with E-state index in [0.29, 0.717) is 0 Å². The molecule has 3 rings (SSSR count). The Balaban J connectivity index is 0.000000194. The van der Waals surface area contributed by atoms with Gasteiger partial charge in [-0.15, -0.1) is 0 Å². The molecule has 2 aliphatic rings. The molecule has 0 aromatic heterocycles. The first kappa shape index (κ1) is 17.2. The molecule has 1 aromatic rings. The first-order valence-corrected chi connectivity index (χ1v) is 8.83. The van der Waals surface area contributed by atoms with Crippen LogP contribution < -0.4 is 0 Å². The van der Waals surface area contributed by atoms with Crippen molar-refractivity contribution in [1.29, 1.82) is 0 Å². The highest BCUT2D eigenvalue weighted by Crippen LogP contribution is 2.31. The zero-order valence-electron chi connectivity index (χ0n) is 12.4. The minimum absolute atomic E-state index is 0.148. The van der Waals surface area contributed by atoms with Crippen LogP contribution in [0.2, 0.25) is 0 Å². The summed E-state index contributed by atoms with van der Waals surface area (Å²) in [6, 6.07) is 8.15. The van der Waals surface area contributed by atoms with E-state index in [0.717, 1.165) is 50.3 Å². The first-order valence-electron chi connectivity index (χ1n) is 7.27. The van der Waals surface area contributed by atoms with Crippen molar-refractivity contribution in [3.8, 4) is 0 Å². The van der Waals surface area contributed by atoms with Crippen LogP contribution in [0, 0.1) is 0 Å². The predicted octanol–water partition coefficient (Wildman–Crippen LogP) is 2.47. The van der Waals surface area contributed by atoms with E-state index in [2.05, 4.69) is 38.2 Å². The number of hydrogen-bond donors (Lipinski definition) is 1. The van der Waals surface area contributed by atoms with Gasteiger partial charge in [-0.1, -0.05) is 12.1 Å². The number of rotatable bonds is 2. The molecule has 2 fully saturated rings. The average molecular weight is 375 g/mol. The van der Waals surface area contributed by atoms with E-state index in [1.165, 1.54) is 4.90 Å². The van der Waals surface area contributed by atoms with Crippen molar-refractivity contribution in [3.05, 3.63) is 28.7 Å². The smallest absolute Gasteiger partial charge is 0.0689 e. The van der Waals surface area contributed by atoms with Crippen LogP contribution in [0.3, 0.4) is 0 Å². The van der Waals surface area contributed by atoms with Crippen LogP contribution in [-0.2, 0) is 4.74 Å². The number of β-amino-alcohol motifs (C(OH)–C–C–N with tert-alkyl or cyclic N) is 1. The maximum atomic E-state index is 9.38. The van der Waals surface area contributed by atoms with Crippen molar-refractivity contribution in [3.63, 3.8) is 0 Å². The van der Waals surface area contributed by atoms with E-state index in [4.69, 9.17) is 4.74 Å². The van der Waals surface area contributed by atoms with Crippen molar-refractivity contribution in [2.24, 2.45) is 0 Å². The lowest BCUT2D eigenvalue weighted by Gasteiger charge is -2.21. The molecule has 2 saturated heterocycles. The number of ether oxygens (including phenoxy) is 1. The van der Waals surface area contributed by atoms with Gasteiger partial charge in [0.05, 0.1) is 19.3 Å². The van der Waals surface area contributed by atoms with Gasteiger partial charge in [0.15, 0.2) is 0 Å². The van der Waals surface area contributed by atoms with E-state index in [1.54, 1.807) is 11.9 Å². The Labute approximate surface area is 139 Å². The van der Waals surface area contributed by atoms with Gasteiger partial charge >= 0.3 is 0 Å². The average Bonchev–Trinajstić information content (AvgIpc) is 2.88. The maximum Gasteiger partial charge on any atom is 0.0689 e. The molecule has 2 aliphatic heterocycles. The molecule has 0 amide bonds. The van der Waals surface area contributed by atoms with Gasteiger partial charge in [-0.05, 0) is 53.5 Å². The lowest BCUT2D eigenvalue weighted by Crippen LogP contribution is -2.32. The molecule has 21 heavy (non-hydrogen) atoms. The van der Waals surface area contributed by atoms with E-state index in [-0.39, 0.29) is 6.10 Å². The van der Waals surface area contributed by atoms with E-state index in [9.17, 15) is 5.11 Å². The fourth-order valence-corrected chi connectivity index (χ4v) is 3.62. The highest BCUT2D eigenvalue weighted by molar-refractivity contribution is 9.10. The number of aliphatic hydroxyl groups is 1. The van der Waals surface area contributed by atoms with E-state index < -0.39 is 0 Å². The summed E-state index contributed by atoms with van der Waals surface area (Å²) in [5, 5.41) is 9.38. The van der Waals surface area contributed by atoms with Gasteiger partial charge in [-0.25, -0.2) is 4.31 Å². The SMILES string of the molecule is CN1CCOCC1.OC1CCN(Sc2ccccc2Br)C1. The molecule has 1 N–H and O–H groups in total. The van der Waals surface area contributed by atoms with Gasteiger partial charge in [0.25, 0.3) is 0 Å². The number of hydrogen-bond acceptors (Lipinski definition) is 5. The number of benzene rings is 1. The van der Waals surface area contributed by atoms with Crippen LogP contribution in [0.4, 0.5) is 0 Å². The van der Waals surface area contributed by atoms with Gasteiger partial charge in [-0.2, -0.15) is 0 Å². The fourth-order valence-electron chi connectivity index (χ4n) is 2.11. The number of morpholine rings is 1. The topological polar surface area (TPSA) is 35.9 Å². The number of aliphatic hydroxyl groups excluding tert-OH is 1. The Morgan fingerprint density at radius 1 is 1.24 bits per heavy atom. The van der Waals surface area contributed by atoms with Crippen LogP contribution in [0.25, 0.3) is 0 Å². The summed E-state index contributed by atoms with van der Waals surface area (Å²) >= 11 is 5.22. The summed E-state index contributed by atoms with van der Waals surface area (Å²) in [6.07, 6.45) is 0.738. The molecule has 0 spiro atoms. The van der Waals surface area contributed by atoms with Crippen LogP contribution in [0.5, 0.6) is 0 Å². The standard InChI is InChI=1S/C10H12BrNOS.C5H11NO/c11-9-3-1-2-4-10(9)14-12-6-5-8(13)7-12;1-6-2-4-7-5-3-6/h1-4,8,13H,5-7H2;2-5H2,1H3. The van der Waals surface area contributed by atoms with E-state index in [1.807, 2.05) is 18.2 Å². The van der Waals surface area contributed by atoms with Crippen molar-refractivity contribution in [2.45, 2.75) is 17.4 Å². The minimum atomic E-state index is -0.148. The Kier molecular flexibility index (Phi) is 7.49. The Morgan fingerprint density at radius 3 is 2.48 bits per heavy atom. The lowest BCUT2D eigenvalue weighted by molar-refractivity contribution is 0.0503. The molecule has 0 radical (unpaired) electrons. The predicted molar refractivity (Wildman–Crippen MR) is 90.5 cm³/mol. The molecular formula is C15H23BrN2O2S. The summed E-state index contributed by atoms with van der Waals surface area (Å²) in [5.41, 5.74) is 0. The van der Waals surface area contributed by atoms with Crippen molar-refractivity contribution < 1.29 is 9.84 Å². The largest absolute Gasteiger partial charge is 0.392 e. The lowest BCUT2D eigenvalue weighted by atomic mass is 10.3. The van der Waals surface area contributed by atoms with Gasteiger partial charge in [0.1, 0.15) is 0 Å². The zero-order valence-corrected chi connectivity index (χ0v) is 14.8. The molecule has 4 nitrogen and oxygen atoms in total. The number of nitrogens with zero attached hydrogens (tertiary/aromatic N) is 2.